The summed E-state index contributed by atoms with van der Waals surface area (Å²) in [6.45, 7) is 2.17. The maximum atomic E-state index is 13.2. The second-order valence-electron chi connectivity index (χ2n) is 6.69. The number of hydrogen-bond donors (Lipinski definition) is 0. The van der Waals surface area contributed by atoms with Crippen LogP contribution in [0, 0.1) is 11.6 Å². The minimum atomic E-state index is -0.473. The molecule has 0 atom stereocenters. The Labute approximate surface area is 171 Å². The van der Waals surface area contributed by atoms with Gasteiger partial charge >= 0.3 is 0 Å². The van der Waals surface area contributed by atoms with E-state index in [1.54, 1.807) is 17.0 Å². The molecule has 0 aliphatic carbocycles. The summed E-state index contributed by atoms with van der Waals surface area (Å²) in [5.41, 5.74) is 1.75. The first-order valence-electron chi connectivity index (χ1n) is 9.10. The molecule has 1 fully saturated rings. The third-order valence-electron chi connectivity index (χ3n) is 4.84. The maximum absolute atomic E-state index is 13.2. The molecular weight excluding hydrogens is 398 g/mol. The minimum absolute atomic E-state index is 0.111. The number of halogens is 3. The lowest BCUT2D eigenvalue weighted by atomic mass is 10.1. The van der Waals surface area contributed by atoms with Crippen molar-refractivity contribution in [3.63, 3.8) is 0 Å². The van der Waals surface area contributed by atoms with Crippen molar-refractivity contribution in [2.45, 2.75) is 0 Å². The van der Waals surface area contributed by atoms with Crippen molar-refractivity contribution in [3.05, 3.63) is 76.8 Å². The SMILES string of the molecule is O=C(c1ccc(F)cc1Cl)N1CCN(c2ccc(-c3ccc(F)cc3)nn2)CC1. The minimum Gasteiger partial charge on any atom is -0.352 e. The van der Waals surface area contributed by atoms with Gasteiger partial charge in [-0.15, -0.1) is 10.2 Å². The molecule has 0 spiro atoms. The maximum Gasteiger partial charge on any atom is 0.255 e. The van der Waals surface area contributed by atoms with Gasteiger partial charge in [0.05, 0.1) is 16.3 Å². The topological polar surface area (TPSA) is 49.3 Å². The van der Waals surface area contributed by atoms with Crippen LogP contribution in [0.4, 0.5) is 14.6 Å². The lowest BCUT2D eigenvalue weighted by Crippen LogP contribution is -2.49. The van der Waals surface area contributed by atoms with Crippen molar-refractivity contribution in [1.82, 2.24) is 15.1 Å². The molecular formula is C21H17ClF2N4O. The van der Waals surface area contributed by atoms with Crippen LogP contribution in [-0.2, 0) is 0 Å². The summed E-state index contributed by atoms with van der Waals surface area (Å²) in [7, 11) is 0. The van der Waals surface area contributed by atoms with Crippen LogP contribution in [0.3, 0.4) is 0 Å². The third-order valence-corrected chi connectivity index (χ3v) is 5.16. The van der Waals surface area contributed by atoms with E-state index in [2.05, 4.69) is 10.2 Å². The van der Waals surface area contributed by atoms with E-state index in [1.165, 1.54) is 24.3 Å². The summed E-state index contributed by atoms with van der Waals surface area (Å²) in [5, 5.41) is 8.61. The van der Waals surface area contributed by atoms with Crippen molar-refractivity contribution in [2.24, 2.45) is 0 Å². The largest absolute Gasteiger partial charge is 0.352 e. The molecule has 1 aromatic heterocycles. The average molecular weight is 415 g/mol. The Morgan fingerprint density at radius 1 is 0.862 bits per heavy atom. The molecule has 2 aromatic carbocycles. The Morgan fingerprint density at radius 3 is 2.17 bits per heavy atom. The molecule has 1 saturated heterocycles. The van der Waals surface area contributed by atoms with E-state index < -0.39 is 5.82 Å². The molecule has 0 saturated carbocycles. The number of amides is 1. The van der Waals surface area contributed by atoms with Crippen LogP contribution < -0.4 is 4.90 Å². The first-order valence-corrected chi connectivity index (χ1v) is 9.48. The second kappa shape index (κ2) is 8.13. The van der Waals surface area contributed by atoms with E-state index in [0.29, 0.717) is 43.3 Å². The quantitative estimate of drug-likeness (QED) is 0.649. The van der Waals surface area contributed by atoms with Crippen molar-refractivity contribution in [1.29, 1.82) is 0 Å². The smallest absolute Gasteiger partial charge is 0.255 e. The molecule has 0 bridgehead atoms. The molecule has 0 unspecified atom stereocenters. The van der Waals surface area contributed by atoms with Gasteiger partial charge in [0, 0.05) is 31.7 Å². The van der Waals surface area contributed by atoms with E-state index >= 15 is 0 Å². The summed E-state index contributed by atoms with van der Waals surface area (Å²) in [6, 6.07) is 13.6. The van der Waals surface area contributed by atoms with E-state index in [-0.39, 0.29) is 16.7 Å². The fraction of sp³-hybridized carbons (Fsp3) is 0.190. The summed E-state index contributed by atoms with van der Waals surface area (Å²) in [4.78, 5) is 16.4. The normalized spacial score (nSPS) is 14.2. The second-order valence-corrected chi connectivity index (χ2v) is 7.09. The number of aromatic nitrogens is 2. The number of carbonyl (C=O) groups is 1. The van der Waals surface area contributed by atoms with Crippen LogP contribution in [0.2, 0.25) is 5.02 Å². The molecule has 3 aromatic rings. The highest BCUT2D eigenvalue weighted by atomic mass is 35.5. The summed E-state index contributed by atoms with van der Waals surface area (Å²) < 4.78 is 26.3. The Kier molecular flexibility index (Phi) is 5.40. The van der Waals surface area contributed by atoms with Gasteiger partial charge < -0.3 is 9.80 Å². The number of hydrogen-bond acceptors (Lipinski definition) is 4. The molecule has 1 aliphatic heterocycles. The van der Waals surface area contributed by atoms with Gasteiger partial charge in [0.2, 0.25) is 0 Å². The molecule has 4 rings (SSSR count). The highest BCUT2D eigenvalue weighted by Gasteiger charge is 2.24. The number of rotatable bonds is 3. The Bertz CT molecular complexity index is 1020. The Morgan fingerprint density at radius 2 is 1.55 bits per heavy atom. The predicted molar refractivity (Wildman–Crippen MR) is 107 cm³/mol. The van der Waals surface area contributed by atoms with Crippen molar-refractivity contribution < 1.29 is 13.6 Å². The Balaban J connectivity index is 1.40. The third kappa shape index (κ3) is 4.19. The van der Waals surface area contributed by atoms with Gasteiger partial charge in [0.15, 0.2) is 5.82 Å². The molecule has 1 amide bonds. The average Bonchev–Trinajstić information content (AvgIpc) is 2.74. The van der Waals surface area contributed by atoms with Gasteiger partial charge in [-0.25, -0.2) is 8.78 Å². The predicted octanol–water partition coefficient (Wildman–Crippen LogP) is 4.04. The lowest BCUT2D eigenvalue weighted by Gasteiger charge is -2.35. The fourth-order valence-corrected chi connectivity index (χ4v) is 3.49. The summed E-state index contributed by atoms with van der Waals surface area (Å²) in [6.07, 6.45) is 0. The van der Waals surface area contributed by atoms with E-state index in [1.807, 2.05) is 17.0 Å². The van der Waals surface area contributed by atoms with Gasteiger partial charge in [0.25, 0.3) is 5.91 Å². The molecule has 148 valence electrons. The zero-order chi connectivity index (χ0) is 20.4. The van der Waals surface area contributed by atoms with Crippen LogP contribution in [0.1, 0.15) is 10.4 Å². The van der Waals surface area contributed by atoms with Crippen LogP contribution in [-0.4, -0.2) is 47.2 Å². The lowest BCUT2D eigenvalue weighted by molar-refractivity contribution is 0.0746. The van der Waals surface area contributed by atoms with E-state index in [0.717, 1.165) is 11.6 Å². The number of piperazine rings is 1. The Hall–Kier alpha value is -3.06. The molecule has 29 heavy (non-hydrogen) atoms. The standard InChI is InChI=1S/C21H17ClF2N4O/c22-18-13-16(24)5-6-17(18)21(29)28-11-9-27(10-12-28)20-8-7-19(25-26-20)14-1-3-15(23)4-2-14/h1-8,13H,9-12H2. The number of carbonyl (C=O) groups excluding carboxylic acids is 1. The zero-order valence-corrected chi connectivity index (χ0v) is 16.1. The molecule has 1 aliphatic rings. The van der Waals surface area contributed by atoms with E-state index in [4.69, 9.17) is 11.6 Å². The molecule has 0 radical (unpaired) electrons. The molecule has 0 N–H and O–H groups in total. The summed E-state index contributed by atoms with van der Waals surface area (Å²) in [5.74, 6) is -0.276. The van der Waals surface area contributed by atoms with Crippen LogP contribution in [0.15, 0.2) is 54.6 Å². The van der Waals surface area contributed by atoms with Crippen molar-refractivity contribution >= 4 is 23.3 Å². The first kappa shape index (κ1) is 19.3. The number of nitrogens with zero attached hydrogens (tertiary/aromatic N) is 4. The van der Waals surface area contributed by atoms with Crippen LogP contribution in [0.5, 0.6) is 0 Å². The number of benzene rings is 2. The van der Waals surface area contributed by atoms with Crippen molar-refractivity contribution in [2.75, 3.05) is 31.1 Å². The molecule has 8 heteroatoms. The summed E-state index contributed by atoms with van der Waals surface area (Å²) >= 11 is 6.01. The van der Waals surface area contributed by atoms with Crippen LogP contribution >= 0.6 is 11.6 Å². The van der Waals surface area contributed by atoms with Gasteiger partial charge in [-0.2, -0.15) is 0 Å². The molecule has 2 heterocycles. The fourth-order valence-electron chi connectivity index (χ4n) is 3.24. The van der Waals surface area contributed by atoms with Crippen molar-refractivity contribution in [3.8, 4) is 11.3 Å². The molecule has 5 nitrogen and oxygen atoms in total. The number of anilines is 1. The van der Waals surface area contributed by atoms with Gasteiger partial charge in [-0.05, 0) is 54.6 Å². The monoisotopic (exact) mass is 414 g/mol. The highest BCUT2D eigenvalue weighted by molar-refractivity contribution is 6.33. The first-order chi connectivity index (χ1) is 14.0. The van der Waals surface area contributed by atoms with Gasteiger partial charge in [0.1, 0.15) is 11.6 Å². The van der Waals surface area contributed by atoms with Crippen LogP contribution in [0.25, 0.3) is 11.3 Å². The van der Waals surface area contributed by atoms with Gasteiger partial charge in [-0.1, -0.05) is 11.6 Å². The zero-order valence-electron chi connectivity index (χ0n) is 15.4. The van der Waals surface area contributed by atoms with E-state index in [9.17, 15) is 13.6 Å². The van der Waals surface area contributed by atoms with Gasteiger partial charge in [-0.3, -0.25) is 4.79 Å². The highest BCUT2D eigenvalue weighted by Crippen LogP contribution is 2.22.